The molecule has 3 aromatic rings. The molecule has 0 aromatic heterocycles. The molecule has 37 heavy (non-hydrogen) atoms. The van der Waals surface area contributed by atoms with Gasteiger partial charge in [-0.3, -0.25) is 14.4 Å². The molecule has 0 radical (unpaired) electrons. The first kappa shape index (κ1) is 25.0. The third kappa shape index (κ3) is 5.10. The molecule has 6 heteroatoms. The summed E-state index contributed by atoms with van der Waals surface area (Å²) in [6.45, 7) is 4.69. The van der Waals surface area contributed by atoms with Crippen LogP contribution in [0.2, 0.25) is 0 Å². The summed E-state index contributed by atoms with van der Waals surface area (Å²) in [5.41, 5.74) is 3.76. The molecule has 3 amide bonds. The van der Waals surface area contributed by atoms with Gasteiger partial charge in [0.25, 0.3) is 5.91 Å². The van der Waals surface area contributed by atoms with Crippen molar-refractivity contribution in [1.29, 1.82) is 0 Å². The average molecular weight is 498 g/mol. The predicted octanol–water partition coefficient (Wildman–Crippen LogP) is 5.36. The van der Waals surface area contributed by atoms with Crippen molar-refractivity contribution in [3.63, 3.8) is 0 Å². The lowest BCUT2D eigenvalue weighted by atomic mass is 10.1. The van der Waals surface area contributed by atoms with Crippen molar-refractivity contribution in [3.8, 4) is 0 Å². The van der Waals surface area contributed by atoms with Crippen molar-refractivity contribution in [2.75, 3.05) is 11.4 Å². The van der Waals surface area contributed by atoms with Crippen LogP contribution in [-0.2, 0) is 16.1 Å². The molecule has 1 heterocycles. The maximum atomic E-state index is 13.5. The maximum Gasteiger partial charge on any atom is 0.258 e. The van der Waals surface area contributed by atoms with Crippen LogP contribution in [0.3, 0.4) is 0 Å². The Hall–Kier alpha value is -3.67. The Morgan fingerprint density at radius 1 is 1.03 bits per heavy atom. The number of hydrogen-bond acceptors (Lipinski definition) is 3. The number of rotatable bonds is 9. The molecule has 5 rings (SSSR count). The lowest BCUT2D eigenvalue weighted by molar-refractivity contribution is -0.141. The van der Waals surface area contributed by atoms with Crippen LogP contribution in [0, 0.1) is 6.92 Å². The number of nitrogens with zero attached hydrogens (tertiary/aromatic N) is 2. The third-order valence-electron chi connectivity index (χ3n) is 7.89. The molecule has 0 spiro atoms. The monoisotopic (exact) mass is 497 g/mol. The molecule has 0 saturated heterocycles. The van der Waals surface area contributed by atoms with Crippen LogP contribution < -0.4 is 10.2 Å². The van der Waals surface area contributed by atoms with Gasteiger partial charge in [-0.1, -0.05) is 61.4 Å². The molecule has 0 unspecified atom stereocenters. The number of anilines is 1. The summed E-state index contributed by atoms with van der Waals surface area (Å²) in [4.78, 5) is 43.3. The standard InChI is InChI=1S/C31H35N3O3/c1-21-10-3-4-11-24(21)20-34(22(2)30(36)32-25-14-5-6-15-25)28(35)18-9-19-33-27-17-8-13-23-12-7-16-26(29(23)27)31(33)37/h3-4,7-8,10-13,16-17,22,25H,5-6,9,14-15,18-20H2,1-2H3,(H,32,36)/t22-/m1/s1. The van der Waals surface area contributed by atoms with Gasteiger partial charge in [0, 0.05) is 36.5 Å². The summed E-state index contributed by atoms with van der Waals surface area (Å²) in [5.74, 6) is -0.175. The Labute approximate surface area is 218 Å². The Morgan fingerprint density at radius 3 is 2.51 bits per heavy atom. The van der Waals surface area contributed by atoms with Crippen molar-refractivity contribution < 1.29 is 14.4 Å². The fourth-order valence-corrected chi connectivity index (χ4v) is 5.68. The molecule has 1 aliphatic heterocycles. The van der Waals surface area contributed by atoms with Crippen LogP contribution in [0.5, 0.6) is 0 Å². The molecule has 0 bridgehead atoms. The van der Waals surface area contributed by atoms with E-state index in [9.17, 15) is 14.4 Å². The Kier molecular flexibility index (Phi) is 7.26. The first-order valence-corrected chi connectivity index (χ1v) is 13.4. The van der Waals surface area contributed by atoms with E-state index in [-0.39, 0.29) is 30.2 Å². The molecule has 192 valence electrons. The minimum Gasteiger partial charge on any atom is -0.352 e. The molecular weight excluding hydrogens is 462 g/mol. The first-order valence-electron chi connectivity index (χ1n) is 13.4. The van der Waals surface area contributed by atoms with Crippen LogP contribution in [0.4, 0.5) is 5.69 Å². The van der Waals surface area contributed by atoms with Gasteiger partial charge >= 0.3 is 0 Å². The number of aryl methyl sites for hydroxylation is 1. The zero-order chi connectivity index (χ0) is 25.9. The van der Waals surface area contributed by atoms with E-state index in [0.717, 1.165) is 58.8 Å². The highest BCUT2D eigenvalue weighted by Gasteiger charge is 2.31. The van der Waals surface area contributed by atoms with Crippen LogP contribution in [-0.4, -0.2) is 41.2 Å². The summed E-state index contributed by atoms with van der Waals surface area (Å²) >= 11 is 0. The molecule has 1 saturated carbocycles. The highest BCUT2D eigenvalue weighted by Crippen LogP contribution is 2.37. The largest absolute Gasteiger partial charge is 0.352 e. The summed E-state index contributed by atoms with van der Waals surface area (Å²) in [7, 11) is 0. The quantitative estimate of drug-likeness (QED) is 0.432. The van der Waals surface area contributed by atoms with Gasteiger partial charge in [0.05, 0.1) is 5.69 Å². The summed E-state index contributed by atoms with van der Waals surface area (Å²) in [5, 5.41) is 5.19. The third-order valence-corrected chi connectivity index (χ3v) is 7.89. The second-order valence-corrected chi connectivity index (χ2v) is 10.4. The maximum absolute atomic E-state index is 13.5. The van der Waals surface area contributed by atoms with E-state index in [1.54, 1.807) is 9.80 Å². The number of hydrogen-bond donors (Lipinski definition) is 1. The van der Waals surface area contributed by atoms with Gasteiger partial charge in [-0.15, -0.1) is 0 Å². The normalized spacial score (nSPS) is 15.8. The SMILES string of the molecule is Cc1ccccc1CN(C(=O)CCCN1C(=O)c2cccc3cccc1c23)[C@H](C)C(=O)NC1CCCC1. The van der Waals surface area contributed by atoms with E-state index < -0.39 is 6.04 Å². The average Bonchev–Trinajstić information content (AvgIpc) is 3.51. The molecule has 3 aromatic carbocycles. The van der Waals surface area contributed by atoms with Crippen molar-refractivity contribution in [2.24, 2.45) is 0 Å². The smallest absolute Gasteiger partial charge is 0.258 e. The van der Waals surface area contributed by atoms with E-state index in [1.807, 2.05) is 74.5 Å². The second-order valence-electron chi connectivity index (χ2n) is 10.4. The molecule has 2 aliphatic rings. The Bertz CT molecular complexity index is 1320. The van der Waals surface area contributed by atoms with Gasteiger partial charge in [-0.25, -0.2) is 0 Å². The molecule has 1 fully saturated rings. The minimum absolute atomic E-state index is 0.0136. The highest BCUT2D eigenvalue weighted by atomic mass is 16.2. The van der Waals surface area contributed by atoms with Gasteiger partial charge in [-0.05, 0) is 61.8 Å². The van der Waals surface area contributed by atoms with E-state index in [4.69, 9.17) is 0 Å². The van der Waals surface area contributed by atoms with Crippen molar-refractivity contribution in [3.05, 3.63) is 77.4 Å². The lowest BCUT2D eigenvalue weighted by Gasteiger charge is -2.30. The van der Waals surface area contributed by atoms with Gasteiger partial charge < -0.3 is 15.1 Å². The van der Waals surface area contributed by atoms with Crippen molar-refractivity contribution in [1.82, 2.24) is 10.2 Å². The summed E-state index contributed by atoms with van der Waals surface area (Å²) < 4.78 is 0. The van der Waals surface area contributed by atoms with Crippen LogP contribution in [0.1, 0.15) is 66.9 Å². The fraction of sp³-hybridized carbons (Fsp3) is 0.387. The Balaban J connectivity index is 1.28. The molecule has 1 N–H and O–H groups in total. The molecule has 6 nitrogen and oxygen atoms in total. The summed E-state index contributed by atoms with van der Waals surface area (Å²) in [6, 6.07) is 19.4. The van der Waals surface area contributed by atoms with E-state index in [1.165, 1.54) is 0 Å². The first-order chi connectivity index (χ1) is 17.9. The van der Waals surface area contributed by atoms with E-state index in [0.29, 0.717) is 19.5 Å². The summed E-state index contributed by atoms with van der Waals surface area (Å²) in [6.07, 6.45) is 5.07. The number of benzene rings is 3. The van der Waals surface area contributed by atoms with E-state index >= 15 is 0 Å². The van der Waals surface area contributed by atoms with Crippen molar-refractivity contribution >= 4 is 34.2 Å². The molecule has 1 atom stereocenters. The van der Waals surface area contributed by atoms with Gasteiger partial charge in [0.15, 0.2) is 0 Å². The van der Waals surface area contributed by atoms with Gasteiger partial charge in [0.2, 0.25) is 11.8 Å². The van der Waals surface area contributed by atoms with E-state index in [2.05, 4.69) is 5.32 Å². The zero-order valence-corrected chi connectivity index (χ0v) is 21.7. The molecular formula is C31H35N3O3. The number of carbonyl (C=O) groups excluding carboxylic acids is 3. The van der Waals surface area contributed by atoms with Crippen LogP contribution in [0.25, 0.3) is 10.8 Å². The predicted molar refractivity (Wildman–Crippen MR) is 146 cm³/mol. The lowest BCUT2D eigenvalue weighted by Crippen LogP contribution is -2.49. The number of carbonyl (C=O) groups is 3. The van der Waals surface area contributed by atoms with Crippen molar-refractivity contribution in [2.45, 2.75) is 71.0 Å². The van der Waals surface area contributed by atoms with Gasteiger partial charge in [-0.2, -0.15) is 0 Å². The number of amides is 3. The van der Waals surface area contributed by atoms with Gasteiger partial charge in [0.1, 0.15) is 6.04 Å². The second kappa shape index (κ2) is 10.8. The van der Waals surface area contributed by atoms with Crippen LogP contribution >= 0.6 is 0 Å². The topological polar surface area (TPSA) is 69.7 Å². The zero-order valence-electron chi connectivity index (χ0n) is 21.7. The Morgan fingerprint density at radius 2 is 1.76 bits per heavy atom. The molecule has 1 aliphatic carbocycles. The highest BCUT2D eigenvalue weighted by molar-refractivity contribution is 6.25. The number of nitrogens with one attached hydrogen (secondary N) is 1. The fourth-order valence-electron chi connectivity index (χ4n) is 5.68. The minimum atomic E-state index is -0.570. The van der Waals surface area contributed by atoms with Crippen LogP contribution in [0.15, 0.2) is 60.7 Å².